The summed E-state index contributed by atoms with van der Waals surface area (Å²) in [7, 11) is -2.01. The van der Waals surface area contributed by atoms with Gasteiger partial charge in [-0.15, -0.1) is 0 Å². The number of aromatic nitrogens is 2. The summed E-state index contributed by atoms with van der Waals surface area (Å²) in [6, 6.07) is 4.97. The molecular formula is C12H15BrN4O2S. The van der Waals surface area contributed by atoms with Crippen LogP contribution in [0.25, 0.3) is 0 Å². The summed E-state index contributed by atoms with van der Waals surface area (Å²) >= 11 is 3.28. The monoisotopic (exact) mass is 358 g/mol. The Hall–Kier alpha value is -1.54. The van der Waals surface area contributed by atoms with Crippen LogP contribution in [-0.2, 0) is 17.1 Å². The van der Waals surface area contributed by atoms with Gasteiger partial charge < -0.3 is 5.73 Å². The first-order chi connectivity index (χ1) is 9.22. The molecule has 1 aromatic heterocycles. The first-order valence-electron chi connectivity index (χ1n) is 5.80. The van der Waals surface area contributed by atoms with Crippen LogP contribution >= 0.6 is 15.9 Å². The number of nitrogens with zero attached hydrogens (tertiary/aromatic N) is 2. The Morgan fingerprint density at radius 2 is 2.00 bits per heavy atom. The number of aryl methyl sites for hydroxylation is 2. The summed E-state index contributed by atoms with van der Waals surface area (Å²) in [5.74, 6) is 0. The summed E-state index contributed by atoms with van der Waals surface area (Å²) in [5, 5.41) is 4.11. The van der Waals surface area contributed by atoms with Crippen molar-refractivity contribution < 1.29 is 8.42 Å². The fourth-order valence-corrected chi connectivity index (χ4v) is 3.87. The highest BCUT2D eigenvalue weighted by Gasteiger charge is 2.24. The van der Waals surface area contributed by atoms with Crippen molar-refractivity contribution in [2.24, 2.45) is 7.05 Å². The van der Waals surface area contributed by atoms with Crippen LogP contribution in [0.3, 0.4) is 0 Å². The molecule has 1 aromatic carbocycles. The molecule has 0 atom stereocenters. The molecule has 2 rings (SSSR count). The van der Waals surface area contributed by atoms with Gasteiger partial charge in [0.1, 0.15) is 4.90 Å². The molecule has 6 nitrogen and oxygen atoms in total. The van der Waals surface area contributed by atoms with Crippen LogP contribution in [-0.4, -0.2) is 18.2 Å². The summed E-state index contributed by atoms with van der Waals surface area (Å²) < 4.78 is 29.7. The smallest absolute Gasteiger partial charge is 0.265 e. The Kier molecular flexibility index (Phi) is 3.79. The van der Waals surface area contributed by atoms with Gasteiger partial charge in [0, 0.05) is 11.5 Å². The molecule has 0 radical (unpaired) electrons. The number of hydrogen-bond donors (Lipinski definition) is 2. The molecule has 0 unspecified atom stereocenters. The highest BCUT2D eigenvalue weighted by molar-refractivity contribution is 9.10. The average Bonchev–Trinajstić information content (AvgIpc) is 2.57. The summed E-state index contributed by atoms with van der Waals surface area (Å²) in [5.41, 5.74) is 7.53. The predicted molar refractivity (Wildman–Crippen MR) is 82.0 cm³/mol. The number of halogens is 1. The number of anilines is 2. The lowest BCUT2D eigenvalue weighted by molar-refractivity contribution is 0.599. The van der Waals surface area contributed by atoms with E-state index < -0.39 is 10.0 Å². The lowest BCUT2D eigenvalue weighted by Gasteiger charge is -2.11. The number of benzene rings is 1. The van der Waals surface area contributed by atoms with E-state index in [4.69, 9.17) is 5.73 Å². The fourth-order valence-electron chi connectivity index (χ4n) is 1.97. The molecule has 0 aliphatic carbocycles. The van der Waals surface area contributed by atoms with Crippen LogP contribution < -0.4 is 10.5 Å². The maximum atomic E-state index is 12.5. The number of nitrogen functional groups attached to an aromatic ring is 1. The highest BCUT2D eigenvalue weighted by atomic mass is 79.9. The quantitative estimate of drug-likeness (QED) is 0.822. The van der Waals surface area contributed by atoms with E-state index in [1.54, 1.807) is 39.1 Å². The lowest BCUT2D eigenvalue weighted by Crippen LogP contribution is -2.16. The van der Waals surface area contributed by atoms with E-state index in [1.165, 1.54) is 4.68 Å². The zero-order chi connectivity index (χ0) is 15.1. The Bertz CT molecular complexity index is 768. The molecule has 0 fully saturated rings. The van der Waals surface area contributed by atoms with Crippen molar-refractivity contribution in [1.82, 2.24) is 9.78 Å². The van der Waals surface area contributed by atoms with Gasteiger partial charge in [0.25, 0.3) is 10.0 Å². The minimum atomic E-state index is -3.72. The van der Waals surface area contributed by atoms with Crippen molar-refractivity contribution in [3.8, 4) is 0 Å². The summed E-state index contributed by atoms with van der Waals surface area (Å²) in [6.07, 6.45) is 0. The van der Waals surface area contributed by atoms with Gasteiger partial charge >= 0.3 is 0 Å². The lowest BCUT2D eigenvalue weighted by atomic mass is 10.3. The van der Waals surface area contributed by atoms with Gasteiger partial charge in [0.2, 0.25) is 0 Å². The number of nitrogens with two attached hydrogens (primary N) is 1. The molecule has 0 bridgehead atoms. The van der Waals surface area contributed by atoms with Gasteiger partial charge in [0.15, 0.2) is 0 Å². The highest BCUT2D eigenvalue weighted by Crippen LogP contribution is 2.27. The molecule has 0 spiro atoms. The number of rotatable bonds is 3. The van der Waals surface area contributed by atoms with Crippen LogP contribution in [0.4, 0.5) is 11.4 Å². The molecule has 108 valence electrons. The van der Waals surface area contributed by atoms with E-state index in [1.807, 2.05) is 0 Å². The topological polar surface area (TPSA) is 90.0 Å². The SMILES string of the molecule is Cc1nn(C)c(C)c1S(=O)(=O)Nc1ccc(Br)cc1N. The first-order valence-corrected chi connectivity index (χ1v) is 8.08. The first kappa shape index (κ1) is 14.9. The molecule has 0 saturated heterocycles. The maximum Gasteiger partial charge on any atom is 0.265 e. The van der Waals surface area contributed by atoms with Gasteiger partial charge in [-0.25, -0.2) is 8.42 Å². The Balaban J connectivity index is 2.46. The summed E-state index contributed by atoms with van der Waals surface area (Å²) in [6.45, 7) is 3.37. The molecule has 0 amide bonds. The minimum Gasteiger partial charge on any atom is -0.397 e. The van der Waals surface area contributed by atoms with Crippen LogP contribution in [0.5, 0.6) is 0 Å². The largest absolute Gasteiger partial charge is 0.397 e. The van der Waals surface area contributed by atoms with Gasteiger partial charge in [-0.1, -0.05) is 15.9 Å². The van der Waals surface area contributed by atoms with Crippen LogP contribution in [0, 0.1) is 13.8 Å². The molecule has 20 heavy (non-hydrogen) atoms. The van der Waals surface area contributed by atoms with Gasteiger partial charge in [0.05, 0.1) is 22.8 Å². The van der Waals surface area contributed by atoms with Crippen molar-refractivity contribution in [2.75, 3.05) is 10.5 Å². The van der Waals surface area contributed by atoms with Crippen molar-refractivity contribution in [3.63, 3.8) is 0 Å². The Morgan fingerprint density at radius 3 is 2.50 bits per heavy atom. The number of nitrogens with one attached hydrogen (secondary N) is 1. The van der Waals surface area contributed by atoms with Gasteiger partial charge in [-0.2, -0.15) is 5.10 Å². The number of hydrogen-bond acceptors (Lipinski definition) is 4. The second kappa shape index (κ2) is 5.10. The zero-order valence-electron chi connectivity index (χ0n) is 11.3. The third-order valence-electron chi connectivity index (χ3n) is 2.97. The van der Waals surface area contributed by atoms with E-state index in [0.29, 0.717) is 22.8 Å². The van der Waals surface area contributed by atoms with Crippen LogP contribution in [0.1, 0.15) is 11.4 Å². The zero-order valence-corrected chi connectivity index (χ0v) is 13.7. The second-order valence-corrected chi connectivity index (χ2v) is 7.00. The number of sulfonamides is 1. The molecule has 0 aliphatic heterocycles. The van der Waals surface area contributed by atoms with Crippen LogP contribution in [0.2, 0.25) is 0 Å². The van der Waals surface area contributed by atoms with Crippen molar-refractivity contribution in [1.29, 1.82) is 0 Å². The maximum absolute atomic E-state index is 12.5. The van der Waals surface area contributed by atoms with Crippen molar-refractivity contribution in [2.45, 2.75) is 18.7 Å². The molecule has 0 aliphatic rings. The standard InChI is InChI=1S/C12H15BrN4O2S/c1-7-12(8(2)17(3)15-7)20(18,19)16-11-5-4-9(13)6-10(11)14/h4-6,16H,14H2,1-3H3. The molecule has 3 N–H and O–H groups in total. The third kappa shape index (κ3) is 2.66. The van der Waals surface area contributed by atoms with Gasteiger partial charge in [-0.05, 0) is 32.0 Å². The molecule has 2 aromatic rings. The van der Waals surface area contributed by atoms with E-state index in [-0.39, 0.29) is 4.90 Å². The average molecular weight is 359 g/mol. The van der Waals surface area contributed by atoms with Gasteiger partial charge in [-0.3, -0.25) is 9.40 Å². The van der Waals surface area contributed by atoms with Crippen LogP contribution in [0.15, 0.2) is 27.6 Å². The fraction of sp³-hybridized carbons (Fsp3) is 0.250. The molecular weight excluding hydrogens is 344 g/mol. The molecule has 0 saturated carbocycles. The molecule has 8 heteroatoms. The van der Waals surface area contributed by atoms with E-state index in [2.05, 4.69) is 25.8 Å². The van der Waals surface area contributed by atoms with E-state index >= 15 is 0 Å². The third-order valence-corrected chi connectivity index (χ3v) is 5.08. The second-order valence-electron chi connectivity index (χ2n) is 4.46. The summed E-state index contributed by atoms with van der Waals surface area (Å²) in [4.78, 5) is 0.183. The van der Waals surface area contributed by atoms with E-state index in [0.717, 1.165) is 4.47 Å². The van der Waals surface area contributed by atoms with Crippen molar-refractivity contribution >= 4 is 37.3 Å². The van der Waals surface area contributed by atoms with E-state index in [9.17, 15) is 8.42 Å². The Morgan fingerprint density at radius 1 is 1.35 bits per heavy atom. The molecule has 1 heterocycles. The Labute approximate surface area is 126 Å². The van der Waals surface area contributed by atoms with Crippen molar-refractivity contribution in [3.05, 3.63) is 34.1 Å². The predicted octanol–water partition coefficient (Wildman–Crippen LogP) is 2.18. The normalized spacial score (nSPS) is 11.6. The minimum absolute atomic E-state index is 0.183.